The average molecular weight is 256 g/mol. The third-order valence-corrected chi connectivity index (χ3v) is 3.85. The van der Waals surface area contributed by atoms with E-state index in [1.165, 1.54) is 0 Å². The molecule has 0 spiro atoms. The van der Waals surface area contributed by atoms with Crippen LogP contribution in [0.3, 0.4) is 0 Å². The molecule has 2 rings (SSSR count). The molecule has 1 fully saturated rings. The first-order valence-electron chi connectivity index (χ1n) is 5.94. The Kier molecular flexibility index (Phi) is 3.92. The number of hydrogen-bond donors (Lipinski definition) is 2. The second-order valence-electron chi connectivity index (χ2n) is 4.63. The number of rotatable bonds is 3. The van der Waals surface area contributed by atoms with Crippen LogP contribution in [0, 0.1) is 5.92 Å². The molecule has 0 amide bonds. The molecule has 2 unspecified atom stereocenters. The van der Waals surface area contributed by atoms with Gasteiger partial charge < -0.3 is 15.1 Å². The summed E-state index contributed by atoms with van der Waals surface area (Å²) in [4.78, 5) is 2.19. The van der Waals surface area contributed by atoms with Crippen molar-refractivity contribution in [1.82, 2.24) is 0 Å². The number of anilines is 1. The molecule has 0 bridgehead atoms. The normalized spacial score (nSPS) is 21.9. The van der Waals surface area contributed by atoms with Crippen LogP contribution in [0.4, 0.5) is 5.69 Å². The molecule has 1 aromatic carbocycles. The van der Waals surface area contributed by atoms with E-state index in [0.717, 1.165) is 30.8 Å². The van der Waals surface area contributed by atoms with Gasteiger partial charge in [0.2, 0.25) is 0 Å². The molecule has 0 aromatic heterocycles. The maximum absolute atomic E-state index is 9.60. The fraction of sp³-hybridized carbons (Fsp3) is 0.538. The van der Waals surface area contributed by atoms with Crippen molar-refractivity contribution in [3.05, 3.63) is 28.8 Å². The number of aliphatic hydroxyl groups is 2. The van der Waals surface area contributed by atoms with E-state index in [1.807, 2.05) is 19.1 Å². The molecular formula is C13H18ClNO2. The van der Waals surface area contributed by atoms with Gasteiger partial charge in [-0.1, -0.05) is 17.7 Å². The van der Waals surface area contributed by atoms with Crippen molar-refractivity contribution in [3.63, 3.8) is 0 Å². The van der Waals surface area contributed by atoms with Crippen LogP contribution in [0.5, 0.6) is 0 Å². The monoisotopic (exact) mass is 255 g/mol. The highest BCUT2D eigenvalue weighted by atomic mass is 35.5. The first kappa shape index (κ1) is 12.7. The minimum Gasteiger partial charge on any atom is -0.393 e. The summed E-state index contributed by atoms with van der Waals surface area (Å²) in [5.74, 6) is 0.306. The Morgan fingerprint density at radius 1 is 1.53 bits per heavy atom. The van der Waals surface area contributed by atoms with Crippen LogP contribution in [-0.2, 0) is 6.61 Å². The molecule has 1 saturated heterocycles. The molecule has 2 N–H and O–H groups in total. The van der Waals surface area contributed by atoms with Crippen LogP contribution in [0.2, 0.25) is 5.02 Å². The zero-order chi connectivity index (χ0) is 12.4. The average Bonchev–Trinajstić information content (AvgIpc) is 2.77. The molecule has 3 nitrogen and oxygen atoms in total. The first-order chi connectivity index (χ1) is 8.13. The first-order valence-corrected chi connectivity index (χ1v) is 6.32. The van der Waals surface area contributed by atoms with Crippen LogP contribution in [0.15, 0.2) is 18.2 Å². The molecule has 94 valence electrons. The molecule has 0 saturated carbocycles. The van der Waals surface area contributed by atoms with E-state index in [0.29, 0.717) is 10.9 Å². The summed E-state index contributed by atoms with van der Waals surface area (Å²) in [6.45, 7) is 3.51. The van der Waals surface area contributed by atoms with Crippen LogP contribution in [0.25, 0.3) is 0 Å². The maximum Gasteiger partial charge on any atom is 0.0716 e. The van der Waals surface area contributed by atoms with E-state index >= 15 is 0 Å². The van der Waals surface area contributed by atoms with Gasteiger partial charge in [-0.2, -0.15) is 0 Å². The van der Waals surface area contributed by atoms with Crippen LogP contribution in [0.1, 0.15) is 18.9 Å². The Balaban J connectivity index is 2.21. The molecule has 4 heteroatoms. The molecule has 1 heterocycles. The van der Waals surface area contributed by atoms with Gasteiger partial charge in [-0.25, -0.2) is 0 Å². The third-order valence-electron chi connectivity index (χ3n) is 3.50. The van der Waals surface area contributed by atoms with E-state index in [2.05, 4.69) is 4.90 Å². The summed E-state index contributed by atoms with van der Waals surface area (Å²) in [5, 5.41) is 19.6. The predicted octanol–water partition coefficient (Wildman–Crippen LogP) is 2.04. The molecule has 1 aliphatic heterocycles. The van der Waals surface area contributed by atoms with Crippen LogP contribution >= 0.6 is 11.6 Å². The molecule has 2 atom stereocenters. The van der Waals surface area contributed by atoms with E-state index in [-0.39, 0.29) is 12.7 Å². The second kappa shape index (κ2) is 5.25. The fourth-order valence-corrected chi connectivity index (χ4v) is 2.63. The predicted molar refractivity (Wildman–Crippen MR) is 69.4 cm³/mol. The van der Waals surface area contributed by atoms with Crippen molar-refractivity contribution < 1.29 is 10.2 Å². The molecule has 0 aliphatic carbocycles. The summed E-state index contributed by atoms with van der Waals surface area (Å²) in [5.41, 5.74) is 1.77. The Hall–Kier alpha value is -0.770. The van der Waals surface area contributed by atoms with Gasteiger partial charge >= 0.3 is 0 Å². The Bertz CT molecular complexity index is 395. The third kappa shape index (κ3) is 2.57. The van der Waals surface area contributed by atoms with Gasteiger partial charge in [-0.15, -0.1) is 0 Å². The lowest BCUT2D eigenvalue weighted by atomic mass is 10.0. The maximum atomic E-state index is 9.60. The summed E-state index contributed by atoms with van der Waals surface area (Å²) in [6, 6.07) is 5.66. The SMILES string of the molecule is CC(O)C1CCN(c2cccc(Cl)c2CO)C1. The van der Waals surface area contributed by atoms with E-state index in [1.54, 1.807) is 6.07 Å². The van der Waals surface area contributed by atoms with Gasteiger partial charge in [-0.3, -0.25) is 0 Å². The number of benzene rings is 1. The van der Waals surface area contributed by atoms with E-state index in [9.17, 15) is 10.2 Å². The standard InChI is InChI=1S/C13H18ClNO2/c1-9(17)10-5-6-15(7-10)13-4-2-3-12(14)11(13)8-16/h2-4,9-10,16-17H,5-8H2,1H3. The zero-order valence-corrected chi connectivity index (χ0v) is 10.7. The lowest BCUT2D eigenvalue weighted by Crippen LogP contribution is -2.24. The minimum atomic E-state index is -0.281. The Morgan fingerprint density at radius 2 is 2.29 bits per heavy atom. The van der Waals surface area contributed by atoms with Crippen LogP contribution in [-0.4, -0.2) is 29.4 Å². The minimum absolute atomic E-state index is 0.0507. The van der Waals surface area contributed by atoms with Gasteiger partial charge in [0, 0.05) is 35.3 Å². The van der Waals surface area contributed by atoms with Crippen LogP contribution < -0.4 is 4.90 Å². The highest BCUT2D eigenvalue weighted by molar-refractivity contribution is 6.31. The van der Waals surface area contributed by atoms with Gasteiger partial charge in [0.05, 0.1) is 12.7 Å². The largest absolute Gasteiger partial charge is 0.393 e. The van der Waals surface area contributed by atoms with Gasteiger partial charge in [0.1, 0.15) is 0 Å². The highest BCUT2D eigenvalue weighted by Crippen LogP contribution is 2.32. The number of hydrogen-bond acceptors (Lipinski definition) is 3. The Labute approximate surface area is 107 Å². The molecule has 17 heavy (non-hydrogen) atoms. The van der Waals surface area contributed by atoms with Crippen molar-refractivity contribution in [2.24, 2.45) is 5.92 Å². The van der Waals surface area contributed by atoms with Crippen molar-refractivity contribution in [2.45, 2.75) is 26.1 Å². The molecule has 1 aliphatic rings. The zero-order valence-electron chi connectivity index (χ0n) is 9.93. The van der Waals surface area contributed by atoms with Crippen molar-refractivity contribution >= 4 is 17.3 Å². The second-order valence-corrected chi connectivity index (χ2v) is 5.04. The molecule has 0 radical (unpaired) electrons. The fourth-order valence-electron chi connectivity index (χ4n) is 2.40. The van der Waals surface area contributed by atoms with E-state index < -0.39 is 0 Å². The lowest BCUT2D eigenvalue weighted by molar-refractivity contribution is 0.136. The van der Waals surface area contributed by atoms with E-state index in [4.69, 9.17) is 11.6 Å². The summed E-state index contributed by atoms with van der Waals surface area (Å²) < 4.78 is 0. The topological polar surface area (TPSA) is 43.7 Å². The smallest absolute Gasteiger partial charge is 0.0716 e. The quantitative estimate of drug-likeness (QED) is 0.869. The number of aliphatic hydroxyl groups excluding tert-OH is 2. The molecular weight excluding hydrogens is 238 g/mol. The summed E-state index contributed by atoms with van der Waals surface area (Å²) >= 11 is 6.07. The van der Waals surface area contributed by atoms with Crippen molar-refractivity contribution in [3.8, 4) is 0 Å². The number of nitrogens with zero attached hydrogens (tertiary/aromatic N) is 1. The van der Waals surface area contributed by atoms with Gasteiger partial charge in [0.15, 0.2) is 0 Å². The van der Waals surface area contributed by atoms with Crippen molar-refractivity contribution in [1.29, 1.82) is 0 Å². The molecule has 1 aromatic rings. The van der Waals surface area contributed by atoms with Gasteiger partial charge in [-0.05, 0) is 25.5 Å². The summed E-state index contributed by atoms with van der Waals surface area (Å²) in [6.07, 6.45) is 0.700. The summed E-state index contributed by atoms with van der Waals surface area (Å²) in [7, 11) is 0. The Morgan fingerprint density at radius 3 is 2.88 bits per heavy atom. The van der Waals surface area contributed by atoms with Gasteiger partial charge in [0.25, 0.3) is 0 Å². The lowest BCUT2D eigenvalue weighted by Gasteiger charge is -2.22. The number of halogens is 1. The van der Waals surface area contributed by atoms with Crippen molar-refractivity contribution in [2.75, 3.05) is 18.0 Å². The highest BCUT2D eigenvalue weighted by Gasteiger charge is 2.27.